The SMILES string of the molecule is Cc1cccnc1-c1[c-]cccc1.Cc1cccnc1-c1[c-]cccc1.[2H]C(CC)(CC)c1ccnc(-c2[c-]cccc2)c1.[2H]C([2H])([2H])c1cc(-c2[c-]ccc3c2oc2nc(C)ccc23)ncc1C([2H])(C)C([2H])([2H])[2H].[2H]C([2H])([2H])c1cnc(-c2[c-]ccc3c2oc2nc(C)ccc23)cc1C([2H])(C([2H])([2H])[2H])C([2H])([2H])[2H].[2H]C([2H])([2H])c1cnc(-c2[c-]ccc3c2oc2nc(C)ccc23)cc1C([2H])(C([2H])([2H])[2H])C([2H])([2H])[2H].[Ir].[Ir].[Ir]. The fraction of sp³-hybridized carbons (Fsp3) is 0.214. The molecule has 0 aliphatic rings. The molecule has 0 bridgehead atoms. The molecule has 12 nitrogen and oxygen atoms in total. The molecular weight excluding hydrogens is 1990 g/mol. The quantitative estimate of drug-likeness (QED) is 0.107. The third-order valence-electron chi connectivity index (χ3n) is 18.7. The van der Waals surface area contributed by atoms with Gasteiger partial charge in [-0.2, -0.15) is 0 Å². The first-order valence-corrected chi connectivity index (χ1v) is 36.7. The molecule has 0 saturated heterocycles. The van der Waals surface area contributed by atoms with E-state index in [4.69, 9.17) is 51.6 Å². The number of aromatic nitrogens is 9. The molecule has 0 amide bonds. The first kappa shape index (κ1) is 58.0. The van der Waals surface area contributed by atoms with Gasteiger partial charge in [0.05, 0.1) is 16.7 Å². The number of rotatable bonds is 12. The summed E-state index contributed by atoms with van der Waals surface area (Å²) in [6.07, 6.45) is 9.99. The number of pyridine rings is 9. The Hall–Kier alpha value is -11.0. The van der Waals surface area contributed by atoms with Gasteiger partial charge >= 0.3 is 0 Å². The Morgan fingerprint density at radius 3 is 1.14 bits per heavy atom. The number of nitrogens with zero attached hydrogens (tertiary/aromatic N) is 9. The van der Waals surface area contributed by atoms with Gasteiger partial charge < -0.3 is 43.2 Å². The summed E-state index contributed by atoms with van der Waals surface area (Å²) in [7, 11) is 0. The minimum Gasteiger partial charge on any atom is -0.486 e. The van der Waals surface area contributed by atoms with Gasteiger partial charge in [0.15, 0.2) is 0 Å². The molecule has 1 atom stereocenters. The molecule has 6 aromatic carbocycles. The Bertz CT molecular complexity index is 7290. The summed E-state index contributed by atoms with van der Waals surface area (Å²) in [5.41, 5.74) is 12.2. The largest absolute Gasteiger partial charge is 0.486 e. The number of hydrogen-bond donors (Lipinski definition) is 0. The number of benzene rings is 6. The second-order valence-corrected chi connectivity index (χ2v) is 26.6. The maximum atomic E-state index is 8.57. The molecular formula is C103H95Ir3N9O3-6. The smallest absolute Gasteiger partial charge is 0.216 e. The minimum atomic E-state index is -3.37. The van der Waals surface area contributed by atoms with Crippen LogP contribution in [0.1, 0.15) is 197 Å². The molecule has 118 heavy (non-hydrogen) atoms. The summed E-state index contributed by atoms with van der Waals surface area (Å²) >= 11 is 0. The van der Waals surface area contributed by atoms with E-state index in [1.54, 1.807) is 50.4 Å². The van der Waals surface area contributed by atoms with Gasteiger partial charge in [-0.15, -0.1) is 162 Å². The fourth-order valence-corrected chi connectivity index (χ4v) is 12.8. The van der Waals surface area contributed by atoms with Gasteiger partial charge in [0.1, 0.15) is 0 Å². The molecule has 18 aromatic rings. The Balaban J connectivity index is 0.000000185. The van der Waals surface area contributed by atoms with Crippen LogP contribution in [0, 0.1) is 91.6 Å². The standard InChI is InChI=1S/3C21H19N2O.C16H18N.2C12H10N.3Ir/c2*1-12(2)18-10-19(22-11-13(18)3)17-7-5-6-15-16-9-8-14(4)23-21(16)24-20(15)17;1-12(2)18-11-22-19(10-13(18)3)17-7-5-6-15-16-9-8-14(4)23-21(16)24-20(15)17;1-3-13(4-2)15-10-11-17-16(12-15)14-8-6-5-7-9-14;2*1-10-6-5-9-13-12(10)11-7-3-2-4-8-11;;;/h3*5-6,8-12H,1-4H3;5-8,10-13H,3-4H2,1-2H3;2*2-7,9H,1H3;;;/q6*-1;;;/i2*1D3,2D3,3D3,12D;1D3,3D3,12D;13D;;;;;. The van der Waals surface area contributed by atoms with E-state index in [0.29, 0.717) is 50.2 Å². The van der Waals surface area contributed by atoms with Crippen LogP contribution in [-0.2, 0) is 60.3 Å². The van der Waals surface area contributed by atoms with E-state index in [1.807, 2.05) is 159 Å². The Morgan fingerprint density at radius 1 is 0.347 bits per heavy atom. The zero-order valence-corrected chi connectivity index (χ0v) is 72.4. The van der Waals surface area contributed by atoms with Crippen LogP contribution in [0.15, 0.2) is 251 Å². The van der Waals surface area contributed by atoms with Crippen molar-refractivity contribution in [3.05, 3.63) is 341 Å². The van der Waals surface area contributed by atoms with Gasteiger partial charge in [0.25, 0.3) is 0 Å². The fourth-order valence-electron chi connectivity index (χ4n) is 12.8. The van der Waals surface area contributed by atoms with Crippen molar-refractivity contribution in [1.29, 1.82) is 0 Å². The second-order valence-electron chi connectivity index (χ2n) is 26.6. The Labute approximate surface area is 773 Å². The predicted molar refractivity (Wildman–Crippen MR) is 470 cm³/mol. The van der Waals surface area contributed by atoms with Gasteiger partial charge in [-0.05, 0) is 208 Å². The van der Waals surface area contributed by atoms with Gasteiger partial charge in [-0.1, -0.05) is 147 Å². The van der Waals surface area contributed by atoms with Crippen LogP contribution in [0.4, 0.5) is 0 Å². The summed E-state index contributed by atoms with van der Waals surface area (Å²) in [5.74, 6) is -9.09. The number of aryl methyl sites for hydroxylation is 8. The summed E-state index contributed by atoms with van der Waals surface area (Å²) in [4.78, 5) is 38.8. The van der Waals surface area contributed by atoms with E-state index in [-0.39, 0.29) is 99.7 Å². The maximum Gasteiger partial charge on any atom is 0.216 e. The molecule has 3 radical (unpaired) electrons. The van der Waals surface area contributed by atoms with Crippen molar-refractivity contribution in [3.63, 3.8) is 0 Å². The van der Waals surface area contributed by atoms with Gasteiger partial charge in [-0.3, -0.25) is 0 Å². The van der Waals surface area contributed by atoms with Gasteiger partial charge in [0, 0.05) is 169 Å². The summed E-state index contributed by atoms with van der Waals surface area (Å²) in [5, 5.41) is 4.37. The molecule has 12 heterocycles. The van der Waals surface area contributed by atoms with E-state index in [9.17, 15) is 0 Å². The zero-order valence-electron chi connectivity index (χ0n) is 93.2. The minimum absolute atomic E-state index is 0. The van der Waals surface area contributed by atoms with Crippen molar-refractivity contribution in [2.24, 2.45) is 0 Å². The van der Waals surface area contributed by atoms with Gasteiger partial charge in [-0.25, -0.2) is 15.0 Å². The van der Waals surface area contributed by atoms with Crippen LogP contribution in [-0.4, -0.2) is 44.9 Å². The topological polar surface area (TPSA) is 155 Å². The van der Waals surface area contributed by atoms with Crippen LogP contribution in [0.25, 0.3) is 134 Å². The molecule has 1 unspecified atom stereocenters. The summed E-state index contributed by atoms with van der Waals surface area (Å²) in [6, 6.07) is 78.7. The molecule has 12 aromatic heterocycles. The molecule has 0 fully saturated rings. The first-order valence-electron chi connectivity index (χ1n) is 50.7. The molecule has 0 spiro atoms. The van der Waals surface area contributed by atoms with Crippen molar-refractivity contribution >= 4 is 66.2 Å². The van der Waals surface area contributed by atoms with E-state index < -0.39 is 101 Å². The third-order valence-corrected chi connectivity index (χ3v) is 18.7. The normalized spacial score (nSPS) is 16.0. The van der Waals surface area contributed by atoms with Crippen molar-refractivity contribution in [3.8, 4) is 67.5 Å². The molecule has 603 valence electrons. The van der Waals surface area contributed by atoms with Crippen LogP contribution in [0.5, 0.6) is 0 Å². The summed E-state index contributed by atoms with van der Waals surface area (Å²) in [6.45, 7) is -9.77. The second kappa shape index (κ2) is 41.4. The third kappa shape index (κ3) is 20.9. The molecule has 18 rings (SSSR count). The van der Waals surface area contributed by atoms with E-state index in [2.05, 4.69) is 121 Å². The van der Waals surface area contributed by atoms with Crippen LogP contribution in [0.3, 0.4) is 0 Å². The van der Waals surface area contributed by atoms with E-state index in [0.717, 1.165) is 122 Å². The average molecular weight is 2110 g/mol. The Morgan fingerprint density at radius 2 is 0.754 bits per heavy atom. The average Bonchev–Trinajstić information content (AvgIpc) is 0.880. The van der Waals surface area contributed by atoms with Crippen LogP contribution >= 0.6 is 0 Å². The van der Waals surface area contributed by atoms with Crippen molar-refractivity contribution in [2.45, 2.75) is 147 Å². The van der Waals surface area contributed by atoms with E-state index in [1.165, 1.54) is 24.1 Å². The van der Waals surface area contributed by atoms with Gasteiger partial charge in [0.2, 0.25) is 17.1 Å². The first-order chi connectivity index (χ1) is 66.9. The zero-order chi connectivity index (χ0) is 105. The molecule has 0 aliphatic carbocycles. The molecule has 0 N–H and O–H groups in total. The Kier molecular flexibility index (Phi) is 20.4. The molecule has 15 heteroatoms. The predicted octanol–water partition coefficient (Wildman–Crippen LogP) is 26.9. The van der Waals surface area contributed by atoms with E-state index >= 15 is 0 Å². The van der Waals surface area contributed by atoms with Crippen molar-refractivity contribution in [2.75, 3.05) is 0 Å². The number of hydrogen-bond acceptors (Lipinski definition) is 12. The van der Waals surface area contributed by atoms with Crippen LogP contribution < -0.4 is 0 Å². The van der Waals surface area contributed by atoms with Crippen molar-refractivity contribution < 1.29 is 112 Å². The maximum absolute atomic E-state index is 8.57. The van der Waals surface area contributed by atoms with Crippen LogP contribution in [0.2, 0.25) is 0 Å². The van der Waals surface area contributed by atoms with Crippen molar-refractivity contribution in [1.82, 2.24) is 44.9 Å². The number of fused-ring (bicyclic) bond motifs is 9. The molecule has 0 saturated carbocycles. The number of furan rings is 3. The monoisotopic (exact) mass is 2110 g/mol. The summed E-state index contributed by atoms with van der Waals surface area (Å²) < 4.78 is 239. The molecule has 0 aliphatic heterocycles.